The van der Waals surface area contributed by atoms with Crippen LogP contribution >= 0.6 is 0 Å². The summed E-state index contributed by atoms with van der Waals surface area (Å²) in [5, 5.41) is 14.4. The van der Waals surface area contributed by atoms with Gasteiger partial charge in [-0.3, -0.25) is 4.79 Å². The Labute approximate surface area is 106 Å². The lowest BCUT2D eigenvalue weighted by Gasteiger charge is -2.14. The van der Waals surface area contributed by atoms with Crippen LogP contribution in [0.5, 0.6) is 0 Å². The summed E-state index contributed by atoms with van der Waals surface area (Å²) in [5.41, 5.74) is 1.03. The van der Waals surface area contributed by atoms with Crippen LogP contribution in [0.4, 0.5) is 5.69 Å². The first-order valence-corrected chi connectivity index (χ1v) is 6.12. The van der Waals surface area contributed by atoms with Gasteiger partial charge in [0.1, 0.15) is 0 Å². The van der Waals surface area contributed by atoms with Gasteiger partial charge in [0.25, 0.3) is 0 Å². The Balaban J connectivity index is 2.05. The van der Waals surface area contributed by atoms with Gasteiger partial charge in [0.15, 0.2) is 0 Å². The van der Waals surface area contributed by atoms with Crippen molar-refractivity contribution in [3.05, 3.63) is 42.5 Å². The summed E-state index contributed by atoms with van der Waals surface area (Å²) >= 11 is 0. The van der Waals surface area contributed by atoms with Gasteiger partial charge in [0, 0.05) is 18.2 Å². The van der Waals surface area contributed by atoms with Crippen LogP contribution in [0.25, 0.3) is 10.8 Å². The highest BCUT2D eigenvalue weighted by Gasteiger charge is 2.05. The SMILES string of the molecule is CC(CCC(=O)O)Nc1ccc2ccccc2c1. The number of aliphatic carboxylic acids is 1. The molecular formula is C15H17NO2. The van der Waals surface area contributed by atoms with Crippen molar-refractivity contribution in [2.24, 2.45) is 0 Å². The zero-order valence-corrected chi connectivity index (χ0v) is 10.4. The molecule has 0 aliphatic carbocycles. The van der Waals surface area contributed by atoms with E-state index in [4.69, 9.17) is 5.11 Å². The number of benzene rings is 2. The molecule has 0 aromatic heterocycles. The first-order valence-electron chi connectivity index (χ1n) is 6.12. The van der Waals surface area contributed by atoms with Crippen molar-refractivity contribution in [2.75, 3.05) is 5.32 Å². The molecule has 0 spiro atoms. The van der Waals surface area contributed by atoms with Crippen LogP contribution in [0, 0.1) is 0 Å². The van der Waals surface area contributed by atoms with Crippen molar-refractivity contribution in [1.29, 1.82) is 0 Å². The maximum Gasteiger partial charge on any atom is 0.303 e. The Morgan fingerprint density at radius 1 is 1.22 bits per heavy atom. The zero-order chi connectivity index (χ0) is 13.0. The number of hydrogen-bond donors (Lipinski definition) is 2. The zero-order valence-electron chi connectivity index (χ0n) is 10.4. The van der Waals surface area contributed by atoms with Gasteiger partial charge in [-0.25, -0.2) is 0 Å². The first-order chi connectivity index (χ1) is 8.65. The molecule has 0 saturated heterocycles. The van der Waals surface area contributed by atoms with Crippen LogP contribution in [0.2, 0.25) is 0 Å². The van der Waals surface area contributed by atoms with E-state index in [0.717, 1.165) is 5.69 Å². The molecule has 2 aromatic rings. The molecule has 18 heavy (non-hydrogen) atoms. The summed E-state index contributed by atoms with van der Waals surface area (Å²) in [6.45, 7) is 2.00. The molecule has 0 amide bonds. The highest BCUT2D eigenvalue weighted by molar-refractivity contribution is 5.85. The van der Waals surface area contributed by atoms with Gasteiger partial charge in [-0.1, -0.05) is 30.3 Å². The fourth-order valence-corrected chi connectivity index (χ4v) is 1.98. The average molecular weight is 243 g/mol. The highest BCUT2D eigenvalue weighted by atomic mass is 16.4. The molecule has 0 saturated carbocycles. The Morgan fingerprint density at radius 3 is 2.67 bits per heavy atom. The molecule has 0 fully saturated rings. The molecule has 1 atom stereocenters. The molecule has 0 heterocycles. The number of carboxylic acids is 1. The van der Waals surface area contributed by atoms with Crippen LogP contribution < -0.4 is 5.32 Å². The summed E-state index contributed by atoms with van der Waals surface area (Å²) in [7, 11) is 0. The molecule has 0 aliphatic heterocycles. The van der Waals surface area contributed by atoms with E-state index in [1.54, 1.807) is 0 Å². The lowest BCUT2D eigenvalue weighted by atomic mass is 10.1. The highest BCUT2D eigenvalue weighted by Crippen LogP contribution is 2.19. The monoisotopic (exact) mass is 243 g/mol. The van der Waals surface area contributed by atoms with Crippen molar-refractivity contribution in [3.63, 3.8) is 0 Å². The number of anilines is 1. The minimum Gasteiger partial charge on any atom is -0.481 e. The Hall–Kier alpha value is -2.03. The van der Waals surface area contributed by atoms with Gasteiger partial charge in [0.2, 0.25) is 0 Å². The van der Waals surface area contributed by atoms with E-state index in [0.29, 0.717) is 6.42 Å². The number of hydrogen-bond acceptors (Lipinski definition) is 2. The van der Waals surface area contributed by atoms with E-state index in [9.17, 15) is 4.79 Å². The van der Waals surface area contributed by atoms with Crippen molar-refractivity contribution in [2.45, 2.75) is 25.8 Å². The molecule has 2 rings (SSSR count). The molecule has 0 radical (unpaired) electrons. The molecule has 0 bridgehead atoms. The smallest absolute Gasteiger partial charge is 0.303 e. The molecule has 0 aliphatic rings. The quantitative estimate of drug-likeness (QED) is 0.845. The molecule has 2 aromatic carbocycles. The second kappa shape index (κ2) is 5.54. The third-order valence-corrected chi connectivity index (χ3v) is 2.95. The van der Waals surface area contributed by atoms with Gasteiger partial charge in [-0.05, 0) is 36.2 Å². The van der Waals surface area contributed by atoms with E-state index in [-0.39, 0.29) is 12.5 Å². The Kier molecular flexibility index (Phi) is 3.82. The standard InChI is InChI=1S/C15H17NO2/c1-11(6-9-15(17)18)16-14-8-7-12-4-2-3-5-13(12)10-14/h2-5,7-8,10-11,16H,6,9H2,1H3,(H,17,18). The van der Waals surface area contributed by atoms with Gasteiger partial charge in [-0.15, -0.1) is 0 Å². The lowest BCUT2D eigenvalue weighted by molar-refractivity contribution is -0.137. The van der Waals surface area contributed by atoms with E-state index in [1.165, 1.54) is 10.8 Å². The Bertz CT molecular complexity index is 551. The average Bonchev–Trinajstić information content (AvgIpc) is 2.36. The van der Waals surface area contributed by atoms with E-state index < -0.39 is 5.97 Å². The maximum atomic E-state index is 10.5. The van der Waals surface area contributed by atoms with Gasteiger partial charge in [-0.2, -0.15) is 0 Å². The maximum absolute atomic E-state index is 10.5. The molecular weight excluding hydrogens is 226 g/mol. The van der Waals surface area contributed by atoms with Crippen molar-refractivity contribution < 1.29 is 9.90 Å². The van der Waals surface area contributed by atoms with Crippen LogP contribution in [0.1, 0.15) is 19.8 Å². The normalized spacial score (nSPS) is 12.3. The van der Waals surface area contributed by atoms with Crippen LogP contribution in [0.15, 0.2) is 42.5 Å². The third-order valence-electron chi connectivity index (χ3n) is 2.95. The molecule has 2 N–H and O–H groups in total. The van der Waals surface area contributed by atoms with E-state index in [2.05, 4.69) is 29.6 Å². The number of rotatable bonds is 5. The number of fused-ring (bicyclic) bond motifs is 1. The first kappa shape index (κ1) is 12.4. The number of carbonyl (C=O) groups is 1. The van der Waals surface area contributed by atoms with Gasteiger partial charge in [0.05, 0.1) is 0 Å². The fraction of sp³-hybridized carbons (Fsp3) is 0.267. The van der Waals surface area contributed by atoms with Crippen molar-refractivity contribution in [1.82, 2.24) is 0 Å². The number of nitrogens with one attached hydrogen (secondary N) is 1. The van der Waals surface area contributed by atoms with Crippen LogP contribution in [0.3, 0.4) is 0 Å². The molecule has 3 nitrogen and oxygen atoms in total. The predicted octanol–water partition coefficient (Wildman–Crippen LogP) is 3.51. The second-order valence-electron chi connectivity index (χ2n) is 4.54. The lowest BCUT2D eigenvalue weighted by Crippen LogP contribution is -2.16. The minimum atomic E-state index is -0.748. The Morgan fingerprint density at radius 2 is 1.94 bits per heavy atom. The van der Waals surface area contributed by atoms with E-state index >= 15 is 0 Å². The topological polar surface area (TPSA) is 49.3 Å². The summed E-state index contributed by atoms with van der Waals surface area (Å²) in [5.74, 6) is -0.748. The molecule has 3 heteroatoms. The molecule has 1 unspecified atom stereocenters. The van der Waals surface area contributed by atoms with Crippen LogP contribution in [-0.2, 0) is 4.79 Å². The summed E-state index contributed by atoms with van der Waals surface area (Å²) in [6, 6.07) is 14.5. The third kappa shape index (κ3) is 3.23. The largest absolute Gasteiger partial charge is 0.481 e. The second-order valence-corrected chi connectivity index (χ2v) is 4.54. The van der Waals surface area contributed by atoms with E-state index in [1.807, 2.05) is 25.1 Å². The minimum absolute atomic E-state index is 0.155. The summed E-state index contributed by atoms with van der Waals surface area (Å²) < 4.78 is 0. The summed E-state index contributed by atoms with van der Waals surface area (Å²) in [6.07, 6.45) is 0.823. The summed E-state index contributed by atoms with van der Waals surface area (Å²) in [4.78, 5) is 10.5. The van der Waals surface area contributed by atoms with Crippen LogP contribution in [-0.4, -0.2) is 17.1 Å². The van der Waals surface area contributed by atoms with Crippen molar-refractivity contribution >= 4 is 22.4 Å². The predicted molar refractivity (Wildman–Crippen MR) is 73.9 cm³/mol. The van der Waals surface area contributed by atoms with Gasteiger partial charge < -0.3 is 10.4 Å². The van der Waals surface area contributed by atoms with Crippen molar-refractivity contribution in [3.8, 4) is 0 Å². The van der Waals surface area contributed by atoms with Gasteiger partial charge >= 0.3 is 5.97 Å². The molecule has 94 valence electrons. The fourth-order valence-electron chi connectivity index (χ4n) is 1.98. The number of carboxylic acid groups (broad SMARTS) is 1.